The Kier molecular flexibility index (Phi) is 9.78. The summed E-state index contributed by atoms with van der Waals surface area (Å²) in [6, 6.07) is 8.39. The number of benzene rings is 1. The number of guanidine groups is 1. The van der Waals surface area contributed by atoms with Crippen LogP contribution in [0.25, 0.3) is 0 Å². The second-order valence-corrected chi connectivity index (χ2v) is 7.84. The maximum Gasteiger partial charge on any atom is 0.219 e. The summed E-state index contributed by atoms with van der Waals surface area (Å²) in [6.45, 7) is 8.89. The van der Waals surface area contributed by atoms with Crippen LogP contribution >= 0.6 is 35.6 Å². The Morgan fingerprint density at radius 2 is 2.00 bits per heavy atom. The summed E-state index contributed by atoms with van der Waals surface area (Å²) < 4.78 is 0. The van der Waals surface area contributed by atoms with Gasteiger partial charge in [0.1, 0.15) is 0 Å². The highest BCUT2D eigenvalue weighted by atomic mass is 127. The van der Waals surface area contributed by atoms with Gasteiger partial charge in [0, 0.05) is 83.1 Å². The Hall–Kier alpha value is -1.26. The molecule has 0 spiro atoms. The molecule has 2 aliphatic rings. The van der Waals surface area contributed by atoms with Crippen LogP contribution in [0.2, 0.25) is 5.02 Å². The number of halogens is 2. The minimum atomic E-state index is 0. The molecule has 1 aromatic rings. The zero-order valence-corrected chi connectivity index (χ0v) is 20.3. The van der Waals surface area contributed by atoms with Crippen LogP contribution < -0.4 is 15.5 Å². The molecular weight excluding hydrogens is 503 g/mol. The number of aliphatic imine (C=N–C) groups is 1. The predicted octanol–water partition coefficient (Wildman–Crippen LogP) is 1.87. The number of piperazine rings is 1. The average molecular weight is 535 g/mol. The van der Waals surface area contributed by atoms with Crippen molar-refractivity contribution >= 4 is 53.1 Å². The average Bonchev–Trinajstić information content (AvgIpc) is 3.16. The van der Waals surface area contributed by atoms with Crippen molar-refractivity contribution in [1.82, 2.24) is 20.4 Å². The van der Waals surface area contributed by atoms with Crippen molar-refractivity contribution in [2.45, 2.75) is 19.4 Å². The van der Waals surface area contributed by atoms with Crippen LogP contribution in [0.5, 0.6) is 0 Å². The quantitative estimate of drug-likeness (QED) is 0.343. The second-order valence-electron chi connectivity index (χ2n) is 7.40. The van der Waals surface area contributed by atoms with E-state index >= 15 is 0 Å². The lowest BCUT2D eigenvalue weighted by atomic mass is 10.2. The summed E-state index contributed by atoms with van der Waals surface area (Å²) in [6.07, 6.45) is 1.07. The summed E-state index contributed by atoms with van der Waals surface area (Å²) in [5, 5.41) is 7.72. The third-order valence-corrected chi connectivity index (χ3v) is 5.70. The van der Waals surface area contributed by atoms with E-state index in [1.807, 2.05) is 30.1 Å². The van der Waals surface area contributed by atoms with Crippen molar-refractivity contribution in [3.8, 4) is 0 Å². The van der Waals surface area contributed by atoms with E-state index in [-0.39, 0.29) is 29.9 Å². The van der Waals surface area contributed by atoms with Crippen LogP contribution in [0.15, 0.2) is 29.3 Å². The van der Waals surface area contributed by atoms with E-state index in [0.29, 0.717) is 6.04 Å². The lowest BCUT2D eigenvalue weighted by Gasteiger charge is -2.34. The Labute approximate surface area is 195 Å². The maximum absolute atomic E-state index is 11.4. The number of anilines is 1. The van der Waals surface area contributed by atoms with Crippen molar-refractivity contribution in [1.29, 1.82) is 0 Å². The molecule has 162 valence electrons. The topological polar surface area (TPSA) is 63.2 Å². The van der Waals surface area contributed by atoms with E-state index in [4.69, 9.17) is 11.6 Å². The van der Waals surface area contributed by atoms with Gasteiger partial charge in [-0.15, -0.1) is 24.0 Å². The zero-order valence-electron chi connectivity index (χ0n) is 17.2. The standard InChI is InChI=1S/C20H31ClN6O.HI/c1-16(28)26-12-10-25(11-13-26)9-7-23-20(22-2)24-18-6-8-27(15-18)19-5-3-4-17(21)14-19;/h3-5,14,18H,6-13,15H2,1-2H3,(H2,22,23,24);1H. The van der Waals surface area contributed by atoms with Gasteiger partial charge >= 0.3 is 0 Å². The molecule has 7 nitrogen and oxygen atoms in total. The molecule has 2 N–H and O–H groups in total. The van der Waals surface area contributed by atoms with Gasteiger partial charge in [0.2, 0.25) is 5.91 Å². The lowest BCUT2D eigenvalue weighted by Crippen LogP contribution is -2.51. The fraction of sp³-hybridized carbons (Fsp3) is 0.600. The molecule has 1 amide bonds. The third-order valence-electron chi connectivity index (χ3n) is 5.46. The minimum Gasteiger partial charge on any atom is -0.369 e. The van der Waals surface area contributed by atoms with Gasteiger partial charge in [0.05, 0.1) is 0 Å². The monoisotopic (exact) mass is 534 g/mol. The Bertz CT molecular complexity index is 695. The van der Waals surface area contributed by atoms with Gasteiger partial charge in [-0.25, -0.2) is 0 Å². The molecule has 0 saturated carbocycles. The molecule has 0 radical (unpaired) electrons. The van der Waals surface area contributed by atoms with Gasteiger partial charge in [-0.2, -0.15) is 0 Å². The number of nitrogens with zero attached hydrogens (tertiary/aromatic N) is 4. The Morgan fingerprint density at radius 1 is 1.24 bits per heavy atom. The van der Waals surface area contributed by atoms with E-state index in [0.717, 1.165) is 69.8 Å². The molecule has 2 saturated heterocycles. The van der Waals surface area contributed by atoms with Gasteiger partial charge in [0.25, 0.3) is 0 Å². The molecular formula is C20H32ClIN6O. The lowest BCUT2D eigenvalue weighted by molar-refractivity contribution is -0.130. The number of hydrogen-bond acceptors (Lipinski definition) is 4. The van der Waals surface area contributed by atoms with Gasteiger partial charge in [-0.05, 0) is 24.6 Å². The summed E-state index contributed by atoms with van der Waals surface area (Å²) in [4.78, 5) is 22.4. The highest BCUT2D eigenvalue weighted by Gasteiger charge is 2.24. The number of carbonyl (C=O) groups is 1. The summed E-state index contributed by atoms with van der Waals surface area (Å²) in [5.41, 5.74) is 1.17. The van der Waals surface area contributed by atoms with Crippen LogP contribution in [0.4, 0.5) is 5.69 Å². The van der Waals surface area contributed by atoms with Crippen molar-refractivity contribution in [3.63, 3.8) is 0 Å². The smallest absolute Gasteiger partial charge is 0.219 e. The van der Waals surface area contributed by atoms with E-state index in [2.05, 4.69) is 31.5 Å². The van der Waals surface area contributed by atoms with Crippen LogP contribution in [0.3, 0.4) is 0 Å². The molecule has 0 aliphatic carbocycles. The van der Waals surface area contributed by atoms with Crippen LogP contribution in [-0.4, -0.2) is 87.1 Å². The van der Waals surface area contributed by atoms with Gasteiger partial charge in [-0.1, -0.05) is 17.7 Å². The number of rotatable bonds is 5. The molecule has 9 heteroatoms. The predicted molar refractivity (Wildman–Crippen MR) is 131 cm³/mol. The van der Waals surface area contributed by atoms with Crippen LogP contribution in [0.1, 0.15) is 13.3 Å². The molecule has 1 aromatic carbocycles. The van der Waals surface area contributed by atoms with Crippen molar-refractivity contribution in [2.75, 3.05) is 64.3 Å². The summed E-state index contributed by atoms with van der Waals surface area (Å²) in [5.74, 6) is 1.02. The van der Waals surface area contributed by atoms with Crippen LogP contribution in [0, 0.1) is 0 Å². The fourth-order valence-electron chi connectivity index (χ4n) is 3.79. The number of hydrogen-bond donors (Lipinski definition) is 2. The van der Waals surface area contributed by atoms with E-state index in [9.17, 15) is 4.79 Å². The molecule has 1 atom stereocenters. The van der Waals surface area contributed by atoms with E-state index in [1.54, 1.807) is 6.92 Å². The van der Waals surface area contributed by atoms with Gasteiger partial charge < -0.3 is 20.4 Å². The molecule has 29 heavy (non-hydrogen) atoms. The largest absolute Gasteiger partial charge is 0.369 e. The van der Waals surface area contributed by atoms with Gasteiger partial charge in [0.15, 0.2) is 5.96 Å². The summed E-state index contributed by atoms with van der Waals surface area (Å²) in [7, 11) is 1.81. The number of carbonyl (C=O) groups excluding carboxylic acids is 1. The Morgan fingerprint density at radius 3 is 2.66 bits per heavy atom. The molecule has 0 bridgehead atoms. The molecule has 2 aliphatic heterocycles. The SMILES string of the molecule is CN=C(NCCN1CCN(C(C)=O)CC1)NC1CCN(c2cccc(Cl)c2)C1.I. The van der Waals surface area contributed by atoms with Crippen molar-refractivity contribution in [3.05, 3.63) is 29.3 Å². The maximum atomic E-state index is 11.4. The minimum absolute atomic E-state index is 0. The number of nitrogens with one attached hydrogen (secondary N) is 2. The van der Waals surface area contributed by atoms with E-state index in [1.165, 1.54) is 5.69 Å². The highest BCUT2D eigenvalue weighted by molar-refractivity contribution is 14.0. The first-order chi connectivity index (χ1) is 13.5. The Balaban J connectivity index is 0.00000300. The molecule has 0 aromatic heterocycles. The van der Waals surface area contributed by atoms with E-state index < -0.39 is 0 Å². The highest BCUT2D eigenvalue weighted by Crippen LogP contribution is 2.23. The molecule has 2 fully saturated rings. The van der Waals surface area contributed by atoms with Crippen molar-refractivity contribution < 1.29 is 4.79 Å². The molecule has 3 rings (SSSR count). The third kappa shape index (κ3) is 7.18. The number of amides is 1. The zero-order chi connectivity index (χ0) is 19.9. The molecule has 1 unspecified atom stereocenters. The normalized spacial score (nSPS) is 20.4. The first-order valence-corrected chi connectivity index (χ1v) is 10.4. The van der Waals surface area contributed by atoms with Gasteiger partial charge in [-0.3, -0.25) is 14.7 Å². The fourth-order valence-corrected chi connectivity index (χ4v) is 3.98. The van der Waals surface area contributed by atoms with Crippen molar-refractivity contribution in [2.24, 2.45) is 4.99 Å². The first kappa shape index (κ1) is 24.0. The summed E-state index contributed by atoms with van der Waals surface area (Å²) >= 11 is 6.12. The molecule has 2 heterocycles. The van der Waals surface area contributed by atoms with Crippen LogP contribution in [-0.2, 0) is 4.79 Å². The first-order valence-electron chi connectivity index (χ1n) is 10.0. The second kappa shape index (κ2) is 11.8.